The smallest absolute Gasteiger partial charge is 0.306 e. The Morgan fingerprint density at radius 2 is 2.00 bits per heavy atom. The van der Waals surface area contributed by atoms with Crippen LogP contribution in [0.25, 0.3) is 0 Å². The van der Waals surface area contributed by atoms with Gasteiger partial charge in [-0.15, -0.1) is 0 Å². The number of hydrogen-bond acceptors (Lipinski definition) is 3. The van der Waals surface area contributed by atoms with E-state index in [9.17, 15) is 9.59 Å². The Kier molecular flexibility index (Phi) is 3.82. The van der Waals surface area contributed by atoms with Crippen molar-refractivity contribution >= 4 is 11.9 Å². The minimum atomic E-state index is -0.761. The second-order valence-electron chi connectivity index (χ2n) is 5.78. The van der Waals surface area contributed by atoms with Crippen molar-refractivity contribution in [3.8, 4) is 5.75 Å². The van der Waals surface area contributed by atoms with Gasteiger partial charge >= 0.3 is 5.97 Å². The molecule has 3 atom stereocenters. The zero-order valence-electron chi connectivity index (χ0n) is 11.7. The van der Waals surface area contributed by atoms with Gasteiger partial charge in [0.1, 0.15) is 5.75 Å². The Labute approximate surface area is 123 Å². The highest BCUT2D eigenvalue weighted by Gasteiger charge is 2.33. The average Bonchev–Trinajstić information content (AvgIpc) is 2.95. The Morgan fingerprint density at radius 1 is 1.19 bits per heavy atom. The van der Waals surface area contributed by atoms with Gasteiger partial charge in [0.25, 0.3) is 0 Å². The number of ether oxygens (including phenoxy) is 1. The number of amides is 1. The molecule has 1 aromatic carbocycles. The zero-order valence-corrected chi connectivity index (χ0v) is 11.7. The van der Waals surface area contributed by atoms with Crippen LogP contribution in [0, 0.1) is 5.92 Å². The maximum absolute atomic E-state index is 12.5. The molecular formula is C16H19NO4. The first kappa shape index (κ1) is 13.9. The number of carbonyl (C=O) groups excluding carboxylic acids is 1. The van der Waals surface area contributed by atoms with Gasteiger partial charge in [-0.2, -0.15) is 0 Å². The number of carboxylic acids is 1. The van der Waals surface area contributed by atoms with E-state index >= 15 is 0 Å². The summed E-state index contributed by atoms with van der Waals surface area (Å²) in [5.41, 5.74) is 0.925. The molecule has 1 aliphatic carbocycles. The van der Waals surface area contributed by atoms with Crippen LogP contribution >= 0.6 is 0 Å². The Bertz CT molecular complexity index is 557. The van der Waals surface area contributed by atoms with Crippen LogP contribution in [0.2, 0.25) is 0 Å². The van der Waals surface area contributed by atoms with E-state index < -0.39 is 5.97 Å². The predicted molar refractivity (Wildman–Crippen MR) is 76.2 cm³/mol. The highest BCUT2D eigenvalue weighted by Crippen LogP contribution is 2.34. The van der Waals surface area contributed by atoms with Crippen molar-refractivity contribution in [1.29, 1.82) is 0 Å². The first-order valence-corrected chi connectivity index (χ1v) is 7.40. The van der Waals surface area contributed by atoms with Gasteiger partial charge in [-0.1, -0.05) is 18.2 Å². The molecule has 5 nitrogen and oxygen atoms in total. The first-order chi connectivity index (χ1) is 10.1. The molecule has 1 unspecified atom stereocenters. The minimum absolute atomic E-state index is 0.0122. The molecule has 1 heterocycles. The van der Waals surface area contributed by atoms with Crippen molar-refractivity contribution in [2.24, 2.45) is 5.92 Å². The normalized spacial score (nSPS) is 27.5. The van der Waals surface area contributed by atoms with Crippen LogP contribution in [-0.2, 0) is 9.59 Å². The summed E-state index contributed by atoms with van der Waals surface area (Å²) < 4.78 is 5.56. The van der Waals surface area contributed by atoms with Crippen LogP contribution in [0.4, 0.5) is 0 Å². The molecule has 0 spiro atoms. The average molecular weight is 289 g/mol. The number of fused-ring (bicyclic) bond motifs is 1. The Hall–Kier alpha value is -2.04. The van der Waals surface area contributed by atoms with E-state index in [1.54, 1.807) is 0 Å². The lowest BCUT2D eigenvalue weighted by Crippen LogP contribution is -2.38. The molecule has 21 heavy (non-hydrogen) atoms. The number of rotatable bonds is 3. The van der Waals surface area contributed by atoms with Gasteiger partial charge < -0.3 is 15.2 Å². The summed E-state index contributed by atoms with van der Waals surface area (Å²) >= 11 is 0. The lowest BCUT2D eigenvalue weighted by atomic mass is 9.92. The van der Waals surface area contributed by atoms with E-state index in [0.717, 1.165) is 17.7 Å². The molecule has 2 N–H and O–H groups in total. The Balaban J connectivity index is 1.66. The van der Waals surface area contributed by atoms with Gasteiger partial charge in [0, 0.05) is 11.6 Å². The van der Waals surface area contributed by atoms with Crippen LogP contribution in [0.3, 0.4) is 0 Å². The quantitative estimate of drug-likeness (QED) is 0.891. The third kappa shape index (κ3) is 2.86. The molecule has 0 radical (unpaired) electrons. The summed E-state index contributed by atoms with van der Waals surface area (Å²) in [6, 6.07) is 7.59. The topological polar surface area (TPSA) is 75.6 Å². The summed E-state index contributed by atoms with van der Waals surface area (Å²) in [7, 11) is 0. The number of carbonyl (C=O) groups is 2. The molecule has 3 rings (SSSR count). The first-order valence-electron chi connectivity index (χ1n) is 7.40. The highest BCUT2D eigenvalue weighted by atomic mass is 16.5. The predicted octanol–water partition coefficient (Wildman–Crippen LogP) is 1.92. The molecule has 0 saturated heterocycles. The lowest BCUT2D eigenvalue weighted by Gasteiger charge is -2.26. The molecule has 1 aliphatic heterocycles. The van der Waals surface area contributed by atoms with Gasteiger partial charge in [-0.3, -0.25) is 9.59 Å². The number of aliphatic carboxylic acids is 1. The molecule has 0 aromatic heterocycles. The fourth-order valence-corrected chi connectivity index (χ4v) is 3.25. The molecule has 0 bridgehead atoms. The standard InChI is InChI=1S/C16H19NO4/c18-15(17-11-6-5-10(9-11)16(19)20)13-7-8-21-14-4-2-1-3-12(13)14/h1-4,10-11,13H,5-9H2,(H,17,18)(H,19,20)/t10-,11+,13?/m0/s1. The number of benzene rings is 1. The third-order valence-electron chi connectivity index (χ3n) is 4.40. The highest BCUT2D eigenvalue weighted by molar-refractivity contribution is 5.85. The maximum atomic E-state index is 12.5. The van der Waals surface area contributed by atoms with Gasteiger partial charge in [0.2, 0.25) is 5.91 Å². The Morgan fingerprint density at radius 3 is 2.76 bits per heavy atom. The summed E-state index contributed by atoms with van der Waals surface area (Å²) in [5.74, 6) is -0.514. The van der Waals surface area contributed by atoms with E-state index in [0.29, 0.717) is 25.9 Å². The van der Waals surface area contributed by atoms with Crippen LogP contribution < -0.4 is 10.1 Å². The minimum Gasteiger partial charge on any atom is -0.493 e. The van der Waals surface area contributed by atoms with Crippen molar-refractivity contribution in [2.75, 3.05) is 6.61 Å². The number of hydrogen-bond donors (Lipinski definition) is 2. The SMILES string of the molecule is O=C(N[C@@H]1CC[C@H](C(=O)O)C1)C1CCOc2ccccc21. The molecular weight excluding hydrogens is 270 g/mol. The van der Waals surface area contributed by atoms with E-state index in [-0.39, 0.29) is 23.8 Å². The molecule has 1 aromatic rings. The number of carboxylic acid groups (broad SMARTS) is 1. The second kappa shape index (κ2) is 5.76. The van der Waals surface area contributed by atoms with Gasteiger partial charge in [-0.25, -0.2) is 0 Å². The molecule has 112 valence electrons. The monoisotopic (exact) mass is 289 g/mol. The summed E-state index contributed by atoms with van der Waals surface area (Å²) in [6.45, 7) is 0.539. The van der Waals surface area contributed by atoms with Crippen LogP contribution in [0.1, 0.15) is 37.2 Å². The molecule has 1 saturated carbocycles. The largest absolute Gasteiger partial charge is 0.493 e. The van der Waals surface area contributed by atoms with E-state index in [1.807, 2.05) is 24.3 Å². The van der Waals surface area contributed by atoms with Crippen molar-refractivity contribution in [3.05, 3.63) is 29.8 Å². The number of para-hydroxylation sites is 1. The summed E-state index contributed by atoms with van der Waals surface area (Å²) in [5, 5.41) is 12.0. The third-order valence-corrected chi connectivity index (χ3v) is 4.40. The van der Waals surface area contributed by atoms with Gasteiger partial charge in [-0.05, 0) is 31.7 Å². The van der Waals surface area contributed by atoms with Crippen LogP contribution in [-0.4, -0.2) is 29.6 Å². The molecule has 1 amide bonds. The fraction of sp³-hybridized carbons (Fsp3) is 0.500. The van der Waals surface area contributed by atoms with Crippen molar-refractivity contribution in [1.82, 2.24) is 5.32 Å². The fourth-order valence-electron chi connectivity index (χ4n) is 3.25. The number of nitrogens with one attached hydrogen (secondary N) is 1. The molecule has 5 heteroatoms. The van der Waals surface area contributed by atoms with E-state index in [4.69, 9.17) is 9.84 Å². The summed E-state index contributed by atoms with van der Waals surface area (Å²) in [6.07, 6.45) is 2.59. The van der Waals surface area contributed by atoms with Crippen molar-refractivity contribution in [2.45, 2.75) is 37.6 Å². The zero-order chi connectivity index (χ0) is 14.8. The van der Waals surface area contributed by atoms with Crippen LogP contribution in [0.15, 0.2) is 24.3 Å². The molecule has 2 aliphatic rings. The van der Waals surface area contributed by atoms with E-state index in [2.05, 4.69) is 5.32 Å². The van der Waals surface area contributed by atoms with E-state index in [1.165, 1.54) is 0 Å². The van der Waals surface area contributed by atoms with Gasteiger partial charge in [0.05, 0.1) is 18.4 Å². The maximum Gasteiger partial charge on any atom is 0.306 e. The summed E-state index contributed by atoms with van der Waals surface area (Å²) in [4.78, 5) is 23.4. The molecule has 1 fully saturated rings. The van der Waals surface area contributed by atoms with Crippen LogP contribution in [0.5, 0.6) is 5.75 Å². The lowest BCUT2D eigenvalue weighted by molar-refractivity contribution is -0.141. The second-order valence-corrected chi connectivity index (χ2v) is 5.78. The van der Waals surface area contributed by atoms with Gasteiger partial charge in [0.15, 0.2) is 0 Å². The van der Waals surface area contributed by atoms with Crippen molar-refractivity contribution in [3.63, 3.8) is 0 Å². The van der Waals surface area contributed by atoms with Crippen molar-refractivity contribution < 1.29 is 19.4 Å².